The average molecular weight is 353 g/mol. The van der Waals surface area contributed by atoms with Crippen LogP contribution in [-0.4, -0.2) is 16.7 Å². The highest BCUT2D eigenvalue weighted by molar-refractivity contribution is 6.01. The number of hydrogen-bond acceptors (Lipinski definition) is 5. The zero-order valence-electron chi connectivity index (χ0n) is 15.1. The van der Waals surface area contributed by atoms with E-state index in [0.29, 0.717) is 33.4 Å². The molecule has 0 aliphatic rings. The van der Waals surface area contributed by atoms with Crippen LogP contribution < -0.4 is 5.63 Å². The van der Waals surface area contributed by atoms with Gasteiger partial charge in [-0.05, 0) is 44.9 Å². The number of carbonyl (C=O) groups is 2. The van der Waals surface area contributed by atoms with Gasteiger partial charge in [-0.2, -0.15) is 0 Å². The van der Waals surface area contributed by atoms with Crippen molar-refractivity contribution in [3.05, 3.63) is 68.3 Å². The van der Waals surface area contributed by atoms with Crippen molar-refractivity contribution in [2.24, 2.45) is 0 Å². The molecule has 0 spiro atoms. The quantitative estimate of drug-likeness (QED) is 0.440. The molecule has 0 unspecified atom stereocenters. The zero-order valence-corrected chi connectivity index (χ0v) is 15.1. The van der Waals surface area contributed by atoms with Crippen LogP contribution in [0.4, 0.5) is 0 Å². The number of fused-ring (bicyclic) bond motifs is 1. The van der Waals surface area contributed by atoms with Crippen molar-refractivity contribution >= 4 is 22.7 Å². The van der Waals surface area contributed by atoms with Crippen molar-refractivity contribution in [2.75, 3.05) is 0 Å². The molecule has 0 saturated carbocycles. The first-order valence-corrected chi connectivity index (χ1v) is 8.18. The predicted molar refractivity (Wildman–Crippen MR) is 96.6 cm³/mol. The fraction of sp³-hybridized carbons (Fsp3) is 0.250. The van der Waals surface area contributed by atoms with Gasteiger partial charge in [0, 0.05) is 28.3 Å². The monoisotopic (exact) mass is 353 g/mol. The molecule has 0 aliphatic heterocycles. The van der Waals surface area contributed by atoms with Gasteiger partial charge in [-0.15, -0.1) is 0 Å². The zero-order chi connectivity index (χ0) is 19.0. The van der Waals surface area contributed by atoms with Crippen LogP contribution in [-0.2, 0) is 11.3 Å². The van der Waals surface area contributed by atoms with Crippen molar-refractivity contribution in [1.82, 2.24) is 4.98 Å². The maximum atomic E-state index is 12.4. The normalized spacial score (nSPS) is 10.9. The average Bonchev–Trinajstić information content (AvgIpc) is 2.86. The summed E-state index contributed by atoms with van der Waals surface area (Å²) in [6.45, 7) is 6.71. The lowest BCUT2D eigenvalue weighted by Gasteiger charge is -2.07. The van der Waals surface area contributed by atoms with Crippen molar-refractivity contribution in [3.63, 3.8) is 0 Å². The molecule has 0 radical (unpaired) electrons. The number of benzene rings is 1. The van der Waals surface area contributed by atoms with E-state index in [1.807, 2.05) is 19.1 Å². The topological polar surface area (TPSA) is 89.4 Å². The molecule has 2 heterocycles. The molecule has 1 aromatic carbocycles. The number of nitrogens with one attached hydrogen (secondary N) is 1. The Kier molecular flexibility index (Phi) is 4.50. The summed E-state index contributed by atoms with van der Waals surface area (Å²) >= 11 is 0. The van der Waals surface area contributed by atoms with Gasteiger partial charge in [0.25, 0.3) is 0 Å². The van der Waals surface area contributed by atoms with E-state index in [1.54, 1.807) is 19.9 Å². The SMILES string of the molecule is CC(=O)c1c(C)[nH]c(C(=O)OCc2cc(=O)oc3cc(C)ccc23)c1C. The Morgan fingerprint density at radius 2 is 1.88 bits per heavy atom. The summed E-state index contributed by atoms with van der Waals surface area (Å²) in [5, 5.41) is 0.715. The lowest BCUT2D eigenvalue weighted by atomic mass is 10.1. The molecule has 0 amide bonds. The number of ketones is 1. The van der Waals surface area contributed by atoms with Gasteiger partial charge in [0.05, 0.1) is 0 Å². The maximum absolute atomic E-state index is 12.4. The van der Waals surface area contributed by atoms with Crippen LogP contribution in [0.1, 0.15) is 50.2 Å². The number of carbonyl (C=O) groups excluding carboxylic acids is 2. The van der Waals surface area contributed by atoms with Crippen LogP contribution >= 0.6 is 0 Å². The van der Waals surface area contributed by atoms with Gasteiger partial charge in [0.2, 0.25) is 0 Å². The Balaban J connectivity index is 1.89. The summed E-state index contributed by atoms with van der Waals surface area (Å²) in [6.07, 6.45) is 0. The highest BCUT2D eigenvalue weighted by Gasteiger charge is 2.21. The summed E-state index contributed by atoms with van der Waals surface area (Å²) in [4.78, 5) is 38.8. The third kappa shape index (κ3) is 3.18. The van der Waals surface area contributed by atoms with E-state index in [-0.39, 0.29) is 18.1 Å². The number of hydrogen-bond donors (Lipinski definition) is 1. The number of ether oxygens (including phenoxy) is 1. The van der Waals surface area contributed by atoms with Gasteiger partial charge >= 0.3 is 11.6 Å². The van der Waals surface area contributed by atoms with E-state index in [4.69, 9.17) is 9.15 Å². The van der Waals surface area contributed by atoms with E-state index in [1.165, 1.54) is 13.0 Å². The minimum Gasteiger partial charge on any atom is -0.456 e. The molecule has 1 N–H and O–H groups in total. The van der Waals surface area contributed by atoms with Crippen LogP contribution in [0.25, 0.3) is 11.0 Å². The molecule has 0 aliphatic carbocycles. The molecular weight excluding hydrogens is 334 g/mol. The van der Waals surface area contributed by atoms with Crippen LogP contribution in [0.5, 0.6) is 0 Å². The number of aromatic amines is 1. The second kappa shape index (κ2) is 6.63. The number of rotatable bonds is 4. The number of esters is 1. The second-order valence-electron chi connectivity index (χ2n) is 6.35. The Hall–Kier alpha value is -3.15. The standard InChI is InChI=1S/C20H19NO5/c1-10-5-6-15-14(8-17(23)26-16(15)7-10)9-25-20(24)19-11(2)18(13(4)22)12(3)21-19/h5-8,21H,9H2,1-4H3. The fourth-order valence-electron chi connectivity index (χ4n) is 3.15. The Morgan fingerprint density at radius 1 is 1.15 bits per heavy atom. The summed E-state index contributed by atoms with van der Waals surface area (Å²) < 4.78 is 10.6. The second-order valence-corrected chi connectivity index (χ2v) is 6.35. The van der Waals surface area contributed by atoms with E-state index in [2.05, 4.69) is 4.98 Å². The minimum absolute atomic E-state index is 0.0725. The van der Waals surface area contributed by atoms with Crippen molar-refractivity contribution in [2.45, 2.75) is 34.3 Å². The number of aromatic nitrogens is 1. The molecule has 134 valence electrons. The molecule has 0 saturated heterocycles. The van der Waals surface area contributed by atoms with Gasteiger partial charge in [0.15, 0.2) is 5.78 Å². The van der Waals surface area contributed by atoms with E-state index < -0.39 is 11.6 Å². The first-order chi connectivity index (χ1) is 12.3. The van der Waals surface area contributed by atoms with Crippen molar-refractivity contribution in [3.8, 4) is 0 Å². The Labute approximate surface area is 149 Å². The molecule has 3 rings (SSSR count). The highest BCUT2D eigenvalue weighted by Crippen LogP contribution is 2.22. The fourth-order valence-corrected chi connectivity index (χ4v) is 3.15. The molecule has 0 bridgehead atoms. The molecule has 6 heteroatoms. The largest absolute Gasteiger partial charge is 0.456 e. The lowest BCUT2D eigenvalue weighted by molar-refractivity contribution is 0.0466. The lowest BCUT2D eigenvalue weighted by Crippen LogP contribution is -2.09. The van der Waals surface area contributed by atoms with Gasteiger partial charge in [-0.1, -0.05) is 12.1 Å². The first-order valence-electron chi connectivity index (χ1n) is 8.18. The summed E-state index contributed by atoms with van der Waals surface area (Å²) in [5.74, 6) is -0.691. The predicted octanol–water partition coefficient (Wildman–Crippen LogP) is 3.61. The van der Waals surface area contributed by atoms with Crippen LogP contribution in [0.2, 0.25) is 0 Å². The summed E-state index contributed by atoms with van der Waals surface area (Å²) in [7, 11) is 0. The van der Waals surface area contributed by atoms with Crippen molar-refractivity contribution < 1.29 is 18.7 Å². The van der Waals surface area contributed by atoms with E-state index in [9.17, 15) is 14.4 Å². The molecule has 26 heavy (non-hydrogen) atoms. The minimum atomic E-state index is -0.577. The molecule has 0 atom stereocenters. The Morgan fingerprint density at radius 3 is 2.54 bits per heavy atom. The molecule has 0 fully saturated rings. The van der Waals surface area contributed by atoms with Gasteiger partial charge in [0.1, 0.15) is 17.9 Å². The number of aryl methyl sites for hydroxylation is 2. The first kappa shape index (κ1) is 17.7. The molecule has 6 nitrogen and oxygen atoms in total. The number of H-pyrrole nitrogens is 1. The van der Waals surface area contributed by atoms with Crippen molar-refractivity contribution in [1.29, 1.82) is 0 Å². The molecular formula is C20H19NO5. The highest BCUT2D eigenvalue weighted by atomic mass is 16.5. The van der Waals surface area contributed by atoms with Gasteiger partial charge in [-0.25, -0.2) is 9.59 Å². The summed E-state index contributed by atoms with van der Waals surface area (Å²) in [5.41, 5.74) is 3.42. The smallest absolute Gasteiger partial charge is 0.355 e. The maximum Gasteiger partial charge on any atom is 0.355 e. The van der Waals surface area contributed by atoms with Gasteiger partial charge < -0.3 is 14.1 Å². The third-order valence-electron chi connectivity index (χ3n) is 4.34. The van der Waals surface area contributed by atoms with Crippen LogP contribution in [0.15, 0.2) is 33.5 Å². The van der Waals surface area contributed by atoms with E-state index in [0.717, 1.165) is 5.56 Å². The summed E-state index contributed by atoms with van der Waals surface area (Å²) in [6, 6.07) is 6.80. The Bertz CT molecular complexity index is 1090. The number of Topliss-reactive ketones (excluding diaryl/α,β-unsaturated/α-hetero) is 1. The van der Waals surface area contributed by atoms with Crippen LogP contribution in [0.3, 0.4) is 0 Å². The molecule has 2 aromatic heterocycles. The van der Waals surface area contributed by atoms with Crippen LogP contribution in [0, 0.1) is 20.8 Å². The third-order valence-corrected chi connectivity index (χ3v) is 4.34. The molecule has 3 aromatic rings. The van der Waals surface area contributed by atoms with Gasteiger partial charge in [-0.3, -0.25) is 4.79 Å². The van der Waals surface area contributed by atoms with E-state index >= 15 is 0 Å².